The second kappa shape index (κ2) is 15.7. The standard InChI is InChI=1S/C38H40N4O6S/c1-26-8-6-7-11-34(26)41-49(47,48)35-24-32(19-12-27(35)2)40-38(46)42(33-20-17-30(18-21-33)29-9-4-3-5-10-29)25-28-13-15-31(16-14-28)37(45)39-23-22-36(43)44/h6-9,11-21,24,41H,3-5,10,22-23,25H2,1-2H3,(H,39,45)(H,40,46)(H,43,44). The van der Waals surface area contributed by atoms with Crippen LogP contribution in [-0.4, -0.2) is 38.0 Å². The summed E-state index contributed by atoms with van der Waals surface area (Å²) in [6.07, 6.45) is 6.47. The van der Waals surface area contributed by atoms with Crippen molar-refractivity contribution in [3.63, 3.8) is 0 Å². The molecule has 1 aliphatic carbocycles. The number of aliphatic carboxylic acids is 1. The lowest BCUT2D eigenvalue weighted by Crippen LogP contribution is -2.34. The van der Waals surface area contributed by atoms with Crippen molar-refractivity contribution in [3.05, 3.63) is 125 Å². The summed E-state index contributed by atoms with van der Waals surface area (Å²) in [5.74, 6) is -1.39. The minimum absolute atomic E-state index is 0.0146. The van der Waals surface area contributed by atoms with Crippen LogP contribution in [0.1, 0.15) is 64.7 Å². The number of anilines is 3. The molecule has 4 aromatic rings. The number of carboxylic acid groups (broad SMARTS) is 1. The van der Waals surface area contributed by atoms with Gasteiger partial charge in [-0.05, 0) is 110 Å². The predicted molar refractivity (Wildman–Crippen MR) is 192 cm³/mol. The Balaban J connectivity index is 1.39. The number of para-hydroxylation sites is 1. The van der Waals surface area contributed by atoms with Gasteiger partial charge in [0.25, 0.3) is 15.9 Å². The number of carbonyl (C=O) groups excluding carboxylic acids is 2. The first-order valence-electron chi connectivity index (χ1n) is 16.2. The molecule has 0 saturated carbocycles. The Kier molecular flexibility index (Phi) is 11.1. The van der Waals surface area contributed by atoms with E-state index in [0.29, 0.717) is 28.2 Å². The minimum Gasteiger partial charge on any atom is -0.481 e. The molecule has 4 aromatic carbocycles. The second-order valence-corrected chi connectivity index (χ2v) is 13.7. The summed E-state index contributed by atoms with van der Waals surface area (Å²) in [7, 11) is -3.96. The van der Waals surface area contributed by atoms with E-state index in [1.165, 1.54) is 18.1 Å². The zero-order chi connectivity index (χ0) is 35.0. The molecular formula is C38H40N4O6S. The zero-order valence-corrected chi connectivity index (χ0v) is 28.3. The van der Waals surface area contributed by atoms with Crippen molar-refractivity contribution in [1.29, 1.82) is 0 Å². The molecule has 0 radical (unpaired) electrons. The van der Waals surface area contributed by atoms with E-state index in [9.17, 15) is 22.8 Å². The summed E-state index contributed by atoms with van der Waals surface area (Å²) in [5.41, 5.74) is 6.22. The first-order valence-corrected chi connectivity index (χ1v) is 17.6. The second-order valence-electron chi connectivity index (χ2n) is 12.0. The molecule has 0 fully saturated rings. The van der Waals surface area contributed by atoms with Crippen LogP contribution in [0.25, 0.3) is 5.57 Å². The molecule has 0 saturated heterocycles. The average Bonchev–Trinajstić information content (AvgIpc) is 3.09. The molecule has 4 N–H and O–H groups in total. The summed E-state index contributed by atoms with van der Waals surface area (Å²) < 4.78 is 29.5. The SMILES string of the molecule is Cc1ccccc1NS(=O)(=O)c1cc(NC(=O)N(Cc2ccc(C(=O)NCCC(=O)O)cc2)c2ccc(C3=CCCCC3)cc2)ccc1C. The largest absolute Gasteiger partial charge is 0.481 e. The number of aryl methyl sites for hydroxylation is 2. The summed E-state index contributed by atoms with van der Waals surface area (Å²) >= 11 is 0. The molecule has 0 spiro atoms. The maximum atomic E-state index is 14.0. The highest BCUT2D eigenvalue weighted by molar-refractivity contribution is 7.92. The number of amides is 3. The van der Waals surface area contributed by atoms with Gasteiger partial charge in [-0.15, -0.1) is 0 Å². The number of sulfonamides is 1. The molecule has 0 bridgehead atoms. The molecule has 0 heterocycles. The van der Waals surface area contributed by atoms with Crippen molar-refractivity contribution >= 4 is 50.6 Å². The topological polar surface area (TPSA) is 145 Å². The Morgan fingerprint density at radius 1 is 0.857 bits per heavy atom. The Hall–Kier alpha value is -5.42. The Bertz CT molecular complexity index is 1970. The Morgan fingerprint density at radius 2 is 1.59 bits per heavy atom. The first-order chi connectivity index (χ1) is 23.5. The molecule has 10 nitrogen and oxygen atoms in total. The normalized spacial score (nSPS) is 12.8. The van der Waals surface area contributed by atoms with Crippen molar-refractivity contribution < 1.29 is 27.9 Å². The van der Waals surface area contributed by atoms with Crippen molar-refractivity contribution in [1.82, 2.24) is 5.32 Å². The number of urea groups is 1. The van der Waals surface area contributed by atoms with Gasteiger partial charge in [-0.25, -0.2) is 13.2 Å². The molecule has 49 heavy (non-hydrogen) atoms. The predicted octanol–water partition coefficient (Wildman–Crippen LogP) is 7.50. The maximum Gasteiger partial charge on any atom is 0.326 e. The van der Waals surface area contributed by atoms with Gasteiger partial charge in [-0.3, -0.25) is 19.2 Å². The third-order valence-electron chi connectivity index (χ3n) is 8.39. The third-order valence-corrected chi connectivity index (χ3v) is 9.89. The van der Waals surface area contributed by atoms with Gasteiger partial charge in [0.1, 0.15) is 0 Å². The van der Waals surface area contributed by atoms with Crippen molar-refractivity contribution in [2.24, 2.45) is 0 Å². The van der Waals surface area contributed by atoms with E-state index < -0.39 is 27.9 Å². The number of benzene rings is 4. The van der Waals surface area contributed by atoms with E-state index in [1.807, 2.05) is 43.3 Å². The number of hydrogen-bond donors (Lipinski definition) is 4. The van der Waals surface area contributed by atoms with Gasteiger partial charge >= 0.3 is 12.0 Å². The van der Waals surface area contributed by atoms with Gasteiger partial charge < -0.3 is 15.7 Å². The van der Waals surface area contributed by atoms with Gasteiger partial charge in [0.15, 0.2) is 0 Å². The van der Waals surface area contributed by atoms with Crippen LogP contribution >= 0.6 is 0 Å². The lowest BCUT2D eigenvalue weighted by molar-refractivity contribution is -0.136. The molecule has 3 amide bonds. The number of carbonyl (C=O) groups is 3. The molecule has 0 atom stereocenters. The van der Waals surface area contributed by atoms with Crippen LogP contribution < -0.4 is 20.3 Å². The van der Waals surface area contributed by atoms with Gasteiger partial charge in [0.05, 0.1) is 23.5 Å². The summed E-state index contributed by atoms with van der Waals surface area (Å²) in [5, 5.41) is 14.3. The number of carboxylic acids is 1. The highest BCUT2D eigenvalue weighted by Gasteiger charge is 2.22. The molecule has 254 valence electrons. The molecule has 5 rings (SSSR count). The van der Waals surface area contributed by atoms with Crippen LogP contribution in [0.4, 0.5) is 21.9 Å². The van der Waals surface area contributed by atoms with Crippen LogP contribution in [0, 0.1) is 13.8 Å². The summed E-state index contributed by atoms with van der Waals surface area (Å²) in [6, 6.07) is 25.9. The van der Waals surface area contributed by atoms with Crippen molar-refractivity contribution in [2.75, 3.05) is 21.5 Å². The molecule has 11 heteroatoms. The minimum atomic E-state index is -3.96. The molecule has 0 aliphatic heterocycles. The average molecular weight is 681 g/mol. The lowest BCUT2D eigenvalue weighted by atomic mass is 9.93. The first kappa shape index (κ1) is 34.9. The van der Waals surface area contributed by atoms with Crippen molar-refractivity contribution in [2.45, 2.75) is 57.4 Å². The van der Waals surface area contributed by atoms with Gasteiger partial charge in [-0.2, -0.15) is 0 Å². The van der Waals surface area contributed by atoms with Crippen LogP contribution in [0.15, 0.2) is 102 Å². The van der Waals surface area contributed by atoms with E-state index in [0.717, 1.165) is 36.0 Å². The van der Waals surface area contributed by atoms with Crippen LogP contribution in [0.2, 0.25) is 0 Å². The van der Waals surface area contributed by atoms with E-state index in [2.05, 4.69) is 21.4 Å². The van der Waals surface area contributed by atoms with Crippen LogP contribution in [0.3, 0.4) is 0 Å². The monoisotopic (exact) mass is 680 g/mol. The van der Waals surface area contributed by atoms with Crippen LogP contribution in [-0.2, 0) is 21.4 Å². The van der Waals surface area contributed by atoms with E-state index in [1.54, 1.807) is 60.4 Å². The van der Waals surface area contributed by atoms with Gasteiger partial charge in [-0.1, -0.05) is 54.6 Å². The Labute approximate surface area is 286 Å². The fourth-order valence-corrected chi connectivity index (χ4v) is 7.01. The summed E-state index contributed by atoms with van der Waals surface area (Å²) in [4.78, 5) is 38.8. The number of nitrogens with zero attached hydrogens (tertiary/aromatic N) is 1. The van der Waals surface area contributed by atoms with Gasteiger partial charge in [0, 0.05) is 23.5 Å². The fraction of sp³-hybridized carbons (Fsp3) is 0.237. The van der Waals surface area contributed by atoms with E-state index in [4.69, 9.17) is 5.11 Å². The third kappa shape index (κ3) is 9.14. The zero-order valence-electron chi connectivity index (χ0n) is 27.5. The van der Waals surface area contributed by atoms with Gasteiger partial charge in [0.2, 0.25) is 0 Å². The lowest BCUT2D eigenvalue weighted by Gasteiger charge is -2.24. The van der Waals surface area contributed by atoms with Crippen LogP contribution in [0.5, 0.6) is 0 Å². The van der Waals surface area contributed by atoms with E-state index >= 15 is 0 Å². The highest BCUT2D eigenvalue weighted by atomic mass is 32.2. The smallest absolute Gasteiger partial charge is 0.326 e. The van der Waals surface area contributed by atoms with E-state index in [-0.39, 0.29) is 24.4 Å². The molecule has 1 aliphatic rings. The number of allylic oxidation sites excluding steroid dienone is 2. The maximum absolute atomic E-state index is 14.0. The highest BCUT2D eigenvalue weighted by Crippen LogP contribution is 2.30. The molecular weight excluding hydrogens is 641 g/mol. The number of nitrogens with one attached hydrogen (secondary N) is 3. The summed E-state index contributed by atoms with van der Waals surface area (Å²) in [6.45, 7) is 3.68. The molecule has 0 aromatic heterocycles. The molecule has 0 unspecified atom stereocenters. The number of rotatable bonds is 12. The Morgan fingerprint density at radius 3 is 2.27 bits per heavy atom. The fourth-order valence-electron chi connectivity index (χ4n) is 5.61. The number of hydrogen-bond acceptors (Lipinski definition) is 5. The quantitative estimate of drug-likeness (QED) is 0.122. The van der Waals surface area contributed by atoms with Crippen molar-refractivity contribution in [3.8, 4) is 0 Å².